The van der Waals surface area contributed by atoms with Crippen molar-refractivity contribution in [2.24, 2.45) is 10.2 Å². The molecule has 1 saturated heterocycles. The Kier molecular flexibility index (Phi) is 5.41. The molecule has 2 rings (SSSR count). The van der Waals surface area contributed by atoms with Gasteiger partial charge in [-0.15, -0.1) is 5.10 Å². The number of hydrogen-bond acceptors (Lipinski definition) is 7. The zero-order valence-corrected chi connectivity index (χ0v) is 13.7. The number of thioether (sulfide) groups is 1. The van der Waals surface area contributed by atoms with Crippen LogP contribution in [-0.2, 0) is 14.3 Å². The molecule has 1 aliphatic rings. The number of carbonyl (C=O) groups excluding carboxylic acids is 2. The van der Waals surface area contributed by atoms with Gasteiger partial charge in [0.15, 0.2) is 5.17 Å². The van der Waals surface area contributed by atoms with Crippen LogP contribution in [0.3, 0.4) is 0 Å². The molecule has 1 aromatic carbocycles. The first-order chi connectivity index (χ1) is 10.9. The van der Waals surface area contributed by atoms with Crippen LogP contribution in [0.1, 0.15) is 11.1 Å². The van der Waals surface area contributed by atoms with Gasteiger partial charge in [0.1, 0.15) is 5.75 Å². The Hall–Kier alpha value is -2.32. The summed E-state index contributed by atoms with van der Waals surface area (Å²) in [6.45, 7) is 1.68. The summed E-state index contributed by atoms with van der Waals surface area (Å²) in [5.41, 5.74) is 0.978. The Morgan fingerprint density at radius 3 is 2.91 bits per heavy atom. The topological polar surface area (TPSA) is 100 Å². The fourth-order valence-electron chi connectivity index (χ4n) is 1.59. The van der Waals surface area contributed by atoms with Crippen molar-refractivity contribution in [3.05, 3.63) is 39.3 Å². The van der Waals surface area contributed by atoms with Crippen LogP contribution in [0.4, 0.5) is 0 Å². The van der Waals surface area contributed by atoms with Crippen molar-refractivity contribution < 1.29 is 19.4 Å². The van der Waals surface area contributed by atoms with E-state index in [1.54, 1.807) is 19.1 Å². The van der Waals surface area contributed by atoms with E-state index in [0.29, 0.717) is 16.1 Å². The number of rotatable bonds is 3. The summed E-state index contributed by atoms with van der Waals surface area (Å²) >= 11 is 6.84. The van der Waals surface area contributed by atoms with Crippen molar-refractivity contribution in [2.75, 3.05) is 7.11 Å². The van der Waals surface area contributed by atoms with Gasteiger partial charge in [-0.2, -0.15) is 5.10 Å². The van der Waals surface area contributed by atoms with Crippen molar-refractivity contribution in [2.45, 2.75) is 6.92 Å². The van der Waals surface area contributed by atoms with E-state index in [-0.39, 0.29) is 15.8 Å². The number of ether oxygens (including phenoxy) is 1. The molecule has 0 atom stereocenters. The first-order valence-corrected chi connectivity index (χ1v) is 7.49. The monoisotopic (exact) mass is 353 g/mol. The molecule has 0 radical (unpaired) electrons. The zero-order valence-electron chi connectivity index (χ0n) is 12.2. The van der Waals surface area contributed by atoms with E-state index in [1.165, 1.54) is 13.3 Å². The number of aromatic hydroxyl groups is 1. The Labute approximate surface area is 141 Å². The molecule has 1 heterocycles. The largest absolute Gasteiger partial charge is 0.507 e. The second-order valence-corrected chi connectivity index (χ2v) is 5.79. The minimum Gasteiger partial charge on any atom is -0.507 e. The average Bonchev–Trinajstić information content (AvgIpc) is 2.87. The Morgan fingerprint density at radius 2 is 2.22 bits per heavy atom. The molecular formula is C14H12ClN3O4S. The van der Waals surface area contributed by atoms with Gasteiger partial charge in [-0.05, 0) is 30.8 Å². The van der Waals surface area contributed by atoms with Gasteiger partial charge in [-0.3, -0.25) is 10.1 Å². The molecule has 1 amide bonds. The summed E-state index contributed by atoms with van der Waals surface area (Å²) in [5, 5.41) is 20.7. The van der Waals surface area contributed by atoms with Gasteiger partial charge in [-0.1, -0.05) is 11.6 Å². The van der Waals surface area contributed by atoms with E-state index in [2.05, 4.69) is 20.3 Å². The minimum absolute atomic E-state index is 0.0100. The lowest BCUT2D eigenvalue weighted by Gasteiger charge is -2.03. The fraction of sp³-hybridized carbons (Fsp3) is 0.143. The van der Waals surface area contributed by atoms with Crippen molar-refractivity contribution >= 4 is 46.6 Å². The van der Waals surface area contributed by atoms with Crippen LogP contribution >= 0.6 is 23.4 Å². The SMILES string of the molecule is COC(=O)/C=C1/S/C(=N\N=Cc2ccc(Cl)c(C)c2O)NC1=O. The molecular weight excluding hydrogens is 342 g/mol. The Bertz CT molecular complexity index is 759. The first-order valence-electron chi connectivity index (χ1n) is 6.30. The van der Waals surface area contributed by atoms with Gasteiger partial charge in [0.05, 0.1) is 18.2 Å². The normalized spacial score (nSPS) is 18.0. The molecule has 0 aliphatic carbocycles. The van der Waals surface area contributed by atoms with E-state index in [9.17, 15) is 14.7 Å². The smallest absolute Gasteiger partial charge is 0.331 e. The molecule has 120 valence electrons. The lowest BCUT2D eigenvalue weighted by molar-refractivity contribution is -0.135. The summed E-state index contributed by atoms with van der Waals surface area (Å²) in [6, 6.07) is 3.23. The van der Waals surface area contributed by atoms with Gasteiger partial charge >= 0.3 is 5.97 Å². The lowest BCUT2D eigenvalue weighted by atomic mass is 10.1. The predicted molar refractivity (Wildman–Crippen MR) is 88.7 cm³/mol. The number of esters is 1. The summed E-state index contributed by atoms with van der Waals surface area (Å²) < 4.78 is 4.45. The molecule has 1 fully saturated rings. The van der Waals surface area contributed by atoms with Crippen LogP contribution < -0.4 is 5.32 Å². The molecule has 0 unspecified atom stereocenters. The number of methoxy groups -OCH3 is 1. The minimum atomic E-state index is -0.631. The maximum absolute atomic E-state index is 11.6. The van der Waals surface area contributed by atoms with Crippen molar-refractivity contribution in [3.63, 3.8) is 0 Å². The van der Waals surface area contributed by atoms with E-state index >= 15 is 0 Å². The highest BCUT2D eigenvalue weighted by molar-refractivity contribution is 8.18. The molecule has 2 N–H and O–H groups in total. The van der Waals surface area contributed by atoms with Crippen molar-refractivity contribution in [1.82, 2.24) is 5.32 Å². The maximum atomic E-state index is 11.6. The molecule has 23 heavy (non-hydrogen) atoms. The number of amidine groups is 1. The number of phenols is 1. The number of carbonyl (C=O) groups is 2. The van der Waals surface area contributed by atoms with Crippen molar-refractivity contribution in [1.29, 1.82) is 0 Å². The molecule has 9 heteroatoms. The fourth-order valence-corrected chi connectivity index (χ4v) is 2.48. The molecule has 0 bridgehead atoms. The molecule has 0 spiro atoms. The number of hydrogen-bond donors (Lipinski definition) is 2. The molecule has 0 aromatic heterocycles. The number of phenolic OH excluding ortho intramolecular Hbond substituents is 1. The second kappa shape index (κ2) is 7.30. The molecule has 7 nitrogen and oxygen atoms in total. The summed E-state index contributed by atoms with van der Waals surface area (Å²) in [4.78, 5) is 22.9. The summed E-state index contributed by atoms with van der Waals surface area (Å²) in [7, 11) is 1.22. The Morgan fingerprint density at radius 1 is 1.48 bits per heavy atom. The third-order valence-electron chi connectivity index (χ3n) is 2.84. The van der Waals surface area contributed by atoms with Crippen molar-refractivity contribution in [3.8, 4) is 5.75 Å². The number of halogens is 1. The number of amides is 1. The molecule has 0 saturated carbocycles. The van der Waals surface area contributed by atoms with E-state index in [0.717, 1.165) is 17.8 Å². The van der Waals surface area contributed by atoms with Gasteiger partial charge in [0, 0.05) is 22.2 Å². The van der Waals surface area contributed by atoms with Gasteiger partial charge in [-0.25, -0.2) is 4.79 Å². The Balaban J connectivity index is 2.13. The number of nitrogens with one attached hydrogen (secondary N) is 1. The average molecular weight is 354 g/mol. The maximum Gasteiger partial charge on any atom is 0.331 e. The van der Waals surface area contributed by atoms with Crippen LogP contribution in [0.15, 0.2) is 33.3 Å². The lowest BCUT2D eigenvalue weighted by Crippen LogP contribution is -2.19. The van der Waals surface area contributed by atoms with Crippen LogP contribution in [0.5, 0.6) is 5.75 Å². The molecule has 1 aliphatic heterocycles. The highest BCUT2D eigenvalue weighted by Crippen LogP contribution is 2.27. The van der Waals surface area contributed by atoms with E-state index in [4.69, 9.17) is 11.6 Å². The standard InChI is InChI=1S/C14H12ClN3O4S/c1-7-9(15)4-3-8(12(7)20)6-16-18-14-17-13(21)10(23-14)5-11(19)22-2/h3-6,20H,1-2H3,(H,17,18,21)/b10-5+,16-6?. The number of nitrogens with zero attached hydrogens (tertiary/aromatic N) is 2. The van der Waals surface area contributed by atoms with Gasteiger partial charge in [0.25, 0.3) is 5.91 Å². The zero-order chi connectivity index (χ0) is 17.0. The van der Waals surface area contributed by atoms with Crippen LogP contribution in [0.2, 0.25) is 5.02 Å². The highest BCUT2D eigenvalue weighted by atomic mass is 35.5. The van der Waals surface area contributed by atoms with Gasteiger partial charge in [0.2, 0.25) is 0 Å². The first kappa shape index (κ1) is 17.0. The number of benzene rings is 1. The van der Waals surface area contributed by atoms with Crippen LogP contribution in [0.25, 0.3) is 0 Å². The summed E-state index contributed by atoms with van der Waals surface area (Å²) in [5.74, 6) is -1.08. The van der Waals surface area contributed by atoms with E-state index in [1.807, 2.05) is 0 Å². The molecule has 1 aromatic rings. The quantitative estimate of drug-likeness (QED) is 0.374. The van der Waals surface area contributed by atoms with Crippen LogP contribution in [0, 0.1) is 6.92 Å². The highest BCUT2D eigenvalue weighted by Gasteiger charge is 2.25. The third kappa shape index (κ3) is 4.11. The third-order valence-corrected chi connectivity index (χ3v) is 4.15. The van der Waals surface area contributed by atoms with Gasteiger partial charge < -0.3 is 9.84 Å². The predicted octanol–water partition coefficient (Wildman–Crippen LogP) is 1.96. The van der Waals surface area contributed by atoms with Crippen LogP contribution in [-0.4, -0.2) is 35.5 Å². The summed E-state index contributed by atoms with van der Waals surface area (Å²) in [6.07, 6.45) is 2.40. The second-order valence-electron chi connectivity index (χ2n) is 4.35. The van der Waals surface area contributed by atoms with E-state index < -0.39 is 11.9 Å².